The molecule has 0 saturated carbocycles. The summed E-state index contributed by atoms with van der Waals surface area (Å²) >= 11 is 0. The lowest BCUT2D eigenvalue weighted by Crippen LogP contribution is -1.93. The van der Waals surface area contributed by atoms with Crippen molar-refractivity contribution in [3.05, 3.63) is 35.9 Å². The van der Waals surface area contributed by atoms with Crippen molar-refractivity contribution in [3.63, 3.8) is 0 Å². The molecule has 2 heteroatoms. The summed E-state index contributed by atoms with van der Waals surface area (Å²) in [6, 6.07) is 9.96. The van der Waals surface area contributed by atoms with Crippen molar-refractivity contribution in [1.82, 2.24) is 0 Å². The molecule has 0 amide bonds. The van der Waals surface area contributed by atoms with E-state index in [0.29, 0.717) is 0 Å². The average molecular weight is 150 g/mol. The molecular weight excluding hydrogens is 140 g/mol. The Morgan fingerprint density at radius 1 is 1.27 bits per heavy atom. The average Bonchev–Trinajstić information content (AvgIpc) is 2.85. The highest BCUT2D eigenvalue weighted by molar-refractivity contribution is 5.22. The molecule has 1 saturated heterocycles. The van der Waals surface area contributed by atoms with Crippen LogP contribution < -0.4 is 0 Å². The molecule has 1 aliphatic rings. The van der Waals surface area contributed by atoms with Gasteiger partial charge in [-0.05, 0) is 5.56 Å². The van der Waals surface area contributed by atoms with E-state index in [1.165, 1.54) is 0 Å². The monoisotopic (exact) mass is 150 g/mol. The molecule has 1 aromatic rings. The molecule has 1 fully saturated rings. The van der Waals surface area contributed by atoms with Crippen LogP contribution in [0.15, 0.2) is 30.3 Å². The molecule has 0 aromatic heterocycles. The van der Waals surface area contributed by atoms with E-state index in [-0.39, 0.29) is 18.8 Å². The predicted octanol–water partition coefficient (Wildman–Crippen LogP) is 1.12. The summed E-state index contributed by atoms with van der Waals surface area (Å²) in [6.45, 7) is 0.125. The number of hydrogen-bond acceptors (Lipinski definition) is 2. The Hall–Kier alpha value is -0.860. The van der Waals surface area contributed by atoms with Gasteiger partial charge in [-0.2, -0.15) is 0 Å². The first-order valence-corrected chi connectivity index (χ1v) is 3.73. The van der Waals surface area contributed by atoms with Crippen molar-refractivity contribution in [3.8, 4) is 0 Å². The first-order valence-electron chi connectivity index (χ1n) is 3.73. The number of rotatable bonds is 2. The maximum atomic E-state index is 8.71. The van der Waals surface area contributed by atoms with E-state index in [1.807, 2.05) is 30.3 Å². The van der Waals surface area contributed by atoms with Gasteiger partial charge >= 0.3 is 0 Å². The fourth-order valence-electron chi connectivity index (χ4n) is 1.22. The number of benzene rings is 1. The molecule has 11 heavy (non-hydrogen) atoms. The third-order valence-electron chi connectivity index (χ3n) is 1.89. The highest BCUT2D eigenvalue weighted by Gasteiger charge is 2.39. The minimum atomic E-state index is 0.0393. The summed E-state index contributed by atoms with van der Waals surface area (Å²) < 4.78 is 5.20. The predicted molar refractivity (Wildman–Crippen MR) is 41.1 cm³/mol. The summed E-state index contributed by atoms with van der Waals surface area (Å²) in [5.74, 6) is 0. The number of hydrogen-bond donors (Lipinski definition) is 1. The largest absolute Gasteiger partial charge is 0.394 e. The highest BCUT2D eigenvalue weighted by Crippen LogP contribution is 2.37. The Balaban J connectivity index is 2.09. The van der Waals surface area contributed by atoms with Gasteiger partial charge in [-0.25, -0.2) is 0 Å². The molecule has 58 valence electrons. The molecule has 1 N–H and O–H groups in total. The summed E-state index contributed by atoms with van der Waals surface area (Å²) in [4.78, 5) is 0. The molecule has 2 rings (SSSR count). The van der Waals surface area contributed by atoms with Crippen LogP contribution in [0.3, 0.4) is 0 Å². The van der Waals surface area contributed by atoms with Crippen LogP contribution in [-0.2, 0) is 4.74 Å². The Morgan fingerprint density at radius 2 is 2.00 bits per heavy atom. The highest BCUT2D eigenvalue weighted by atomic mass is 16.6. The van der Waals surface area contributed by atoms with E-state index in [4.69, 9.17) is 9.84 Å². The van der Waals surface area contributed by atoms with Gasteiger partial charge in [0.15, 0.2) is 0 Å². The van der Waals surface area contributed by atoms with Crippen molar-refractivity contribution in [2.45, 2.75) is 12.2 Å². The SMILES string of the molecule is OC[C@H]1OC1c1ccccc1. The zero-order valence-electron chi connectivity index (χ0n) is 6.10. The minimum absolute atomic E-state index is 0.0393. The second-order valence-corrected chi connectivity index (χ2v) is 2.69. The van der Waals surface area contributed by atoms with E-state index in [2.05, 4.69) is 0 Å². The van der Waals surface area contributed by atoms with E-state index in [0.717, 1.165) is 5.56 Å². The van der Waals surface area contributed by atoms with Gasteiger partial charge in [0.2, 0.25) is 0 Å². The summed E-state index contributed by atoms with van der Waals surface area (Å²) in [7, 11) is 0. The molecule has 0 spiro atoms. The lowest BCUT2D eigenvalue weighted by molar-refractivity contribution is 0.242. The van der Waals surface area contributed by atoms with Gasteiger partial charge in [0.05, 0.1) is 6.61 Å². The Morgan fingerprint density at radius 3 is 2.55 bits per heavy atom. The molecule has 2 nitrogen and oxygen atoms in total. The Bertz CT molecular complexity index is 233. The molecule has 1 heterocycles. The van der Waals surface area contributed by atoms with Crippen LogP contribution in [0.4, 0.5) is 0 Å². The van der Waals surface area contributed by atoms with Crippen molar-refractivity contribution in [1.29, 1.82) is 0 Å². The molecule has 2 atom stereocenters. The third kappa shape index (κ3) is 1.27. The summed E-state index contributed by atoms with van der Waals surface area (Å²) in [5, 5.41) is 8.71. The van der Waals surface area contributed by atoms with Crippen LogP contribution in [-0.4, -0.2) is 17.8 Å². The smallest absolute Gasteiger partial charge is 0.112 e. The second kappa shape index (κ2) is 2.64. The van der Waals surface area contributed by atoms with Crippen molar-refractivity contribution in [2.75, 3.05) is 6.61 Å². The first-order chi connectivity index (χ1) is 5.42. The summed E-state index contributed by atoms with van der Waals surface area (Å²) in [6.07, 6.45) is 0.179. The maximum Gasteiger partial charge on any atom is 0.112 e. The van der Waals surface area contributed by atoms with Crippen LogP contribution in [0.2, 0.25) is 0 Å². The number of epoxide rings is 1. The van der Waals surface area contributed by atoms with Crippen LogP contribution in [0.1, 0.15) is 11.7 Å². The topological polar surface area (TPSA) is 32.8 Å². The fraction of sp³-hybridized carbons (Fsp3) is 0.333. The molecule has 0 radical (unpaired) electrons. The van der Waals surface area contributed by atoms with Crippen LogP contribution in [0.25, 0.3) is 0 Å². The van der Waals surface area contributed by atoms with Crippen LogP contribution >= 0.6 is 0 Å². The molecule has 0 bridgehead atoms. The van der Waals surface area contributed by atoms with Crippen molar-refractivity contribution >= 4 is 0 Å². The normalized spacial score (nSPS) is 28.5. The zero-order chi connectivity index (χ0) is 7.68. The number of aliphatic hydroxyl groups excluding tert-OH is 1. The first kappa shape index (κ1) is 6.83. The van der Waals surface area contributed by atoms with Gasteiger partial charge < -0.3 is 9.84 Å². The van der Waals surface area contributed by atoms with Gasteiger partial charge in [0.25, 0.3) is 0 Å². The van der Waals surface area contributed by atoms with Crippen LogP contribution in [0.5, 0.6) is 0 Å². The Labute approximate surface area is 65.4 Å². The minimum Gasteiger partial charge on any atom is -0.394 e. The molecule has 1 aromatic carbocycles. The maximum absolute atomic E-state index is 8.71. The molecule has 1 unspecified atom stereocenters. The van der Waals surface area contributed by atoms with Crippen molar-refractivity contribution < 1.29 is 9.84 Å². The lowest BCUT2D eigenvalue weighted by atomic mass is 10.1. The Kier molecular flexibility index (Phi) is 1.64. The molecular formula is C9H10O2. The van der Waals surface area contributed by atoms with Gasteiger partial charge in [-0.15, -0.1) is 0 Å². The molecule has 0 aliphatic carbocycles. The number of ether oxygens (including phenoxy) is 1. The van der Waals surface area contributed by atoms with Gasteiger partial charge in [0, 0.05) is 0 Å². The van der Waals surface area contributed by atoms with E-state index < -0.39 is 0 Å². The lowest BCUT2D eigenvalue weighted by Gasteiger charge is -1.91. The number of aliphatic hydroxyl groups is 1. The van der Waals surface area contributed by atoms with Crippen molar-refractivity contribution in [2.24, 2.45) is 0 Å². The zero-order valence-corrected chi connectivity index (χ0v) is 6.10. The van der Waals surface area contributed by atoms with Gasteiger partial charge in [-0.3, -0.25) is 0 Å². The fourth-order valence-corrected chi connectivity index (χ4v) is 1.22. The quantitative estimate of drug-likeness (QED) is 0.641. The third-order valence-corrected chi connectivity index (χ3v) is 1.89. The molecule has 1 aliphatic heterocycles. The van der Waals surface area contributed by atoms with Gasteiger partial charge in [0.1, 0.15) is 12.2 Å². The standard InChI is InChI=1S/C9H10O2/c10-6-8-9(11-8)7-4-2-1-3-5-7/h1-5,8-10H,6H2/t8-,9?/m1/s1. The van der Waals surface area contributed by atoms with E-state index in [9.17, 15) is 0 Å². The van der Waals surface area contributed by atoms with E-state index in [1.54, 1.807) is 0 Å². The second-order valence-electron chi connectivity index (χ2n) is 2.69. The summed E-state index contributed by atoms with van der Waals surface area (Å²) in [5.41, 5.74) is 1.16. The van der Waals surface area contributed by atoms with Gasteiger partial charge in [-0.1, -0.05) is 30.3 Å². The van der Waals surface area contributed by atoms with Crippen LogP contribution in [0, 0.1) is 0 Å². The van der Waals surface area contributed by atoms with E-state index >= 15 is 0 Å².